The van der Waals surface area contributed by atoms with Gasteiger partial charge < -0.3 is 15.3 Å². The number of amides is 1. The van der Waals surface area contributed by atoms with E-state index in [0.717, 1.165) is 6.07 Å². The van der Waals surface area contributed by atoms with Crippen molar-refractivity contribution in [2.45, 2.75) is 31.5 Å². The van der Waals surface area contributed by atoms with Crippen LogP contribution in [-0.4, -0.2) is 34.6 Å². The number of aliphatic hydroxyl groups is 1. The predicted octanol–water partition coefficient (Wildman–Crippen LogP) is 2.75. The van der Waals surface area contributed by atoms with Crippen LogP contribution in [0.3, 0.4) is 0 Å². The van der Waals surface area contributed by atoms with Crippen LogP contribution in [0.5, 0.6) is 0 Å². The minimum Gasteiger partial charge on any atom is -0.379 e. The highest BCUT2D eigenvalue weighted by atomic mass is 19.2. The number of benzene rings is 2. The second-order valence-electron chi connectivity index (χ2n) is 6.81. The van der Waals surface area contributed by atoms with Crippen molar-refractivity contribution in [2.24, 2.45) is 0 Å². The molecule has 1 aliphatic heterocycles. The summed E-state index contributed by atoms with van der Waals surface area (Å²) in [6.07, 6.45) is 0.810. The van der Waals surface area contributed by atoms with E-state index in [4.69, 9.17) is 0 Å². The Kier molecular flexibility index (Phi) is 5.82. The molecule has 3 rings (SSSR count). The van der Waals surface area contributed by atoms with E-state index in [1.165, 1.54) is 29.2 Å². The van der Waals surface area contributed by atoms with Crippen molar-refractivity contribution >= 4 is 5.91 Å². The fraction of sp³-hybridized carbons (Fsp3) is 0.350. The third-order valence-electron chi connectivity index (χ3n) is 4.73. The van der Waals surface area contributed by atoms with Crippen LogP contribution >= 0.6 is 0 Å². The van der Waals surface area contributed by atoms with E-state index in [1.54, 1.807) is 12.1 Å². The Balaban J connectivity index is 1.63. The van der Waals surface area contributed by atoms with Crippen LogP contribution in [-0.2, 0) is 17.9 Å². The molecule has 0 aromatic heterocycles. The molecule has 144 valence electrons. The minimum atomic E-state index is -1.63. The Morgan fingerprint density at radius 1 is 1.15 bits per heavy atom. The molecule has 1 saturated heterocycles. The molecular weight excluding hydrogens is 357 g/mol. The van der Waals surface area contributed by atoms with Gasteiger partial charge in [-0.25, -0.2) is 13.2 Å². The largest absolute Gasteiger partial charge is 0.379 e. The molecule has 0 aliphatic carbocycles. The summed E-state index contributed by atoms with van der Waals surface area (Å²) in [5.74, 6) is -2.83. The predicted molar refractivity (Wildman–Crippen MR) is 94.1 cm³/mol. The fourth-order valence-electron chi connectivity index (χ4n) is 3.32. The van der Waals surface area contributed by atoms with Crippen molar-refractivity contribution in [3.8, 4) is 0 Å². The zero-order chi connectivity index (χ0) is 19.4. The summed E-state index contributed by atoms with van der Waals surface area (Å²) in [4.78, 5) is 14.0. The number of rotatable bonds is 6. The first kappa shape index (κ1) is 19.4. The molecule has 1 aliphatic rings. The molecule has 27 heavy (non-hydrogen) atoms. The first-order chi connectivity index (χ1) is 12.9. The SMILES string of the molecule is O=C1N(Cc2cccc(F)c2F)CCC[C@]1(O)CNCc1cccc(F)c1. The van der Waals surface area contributed by atoms with Crippen molar-refractivity contribution in [3.05, 3.63) is 71.0 Å². The smallest absolute Gasteiger partial charge is 0.256 e. The van der Waals surface area contributed by atoms with Gasteiger partial charge in [0, 0.05) is 31.7 Å². The Bertz CT molecular complexity index is 831. The summed E-state index contributed by atoms with van der Waals surface area (Å²) in [7, 11) is 0. The number of hydrogen-bond donors (Lipinski definition) is 2. The third kappa shape index (κ3) is 4.48. The molecule has 2 N–H and O–H groups in total. The van der Waals surface area contributed by atoms with Crippen LogP contribution in [0.4, 0.5) is 13.2 Å². The molecule has 7 heteroatoms. The lowest BCUT2D eigenvalue weighted by Gasteiger charge is -2.38. The summed E-state index contributed by atoms with van der Waals surface area (Å²) in [5.41, 5.74) is -0.865. The maximum atomic E-state index is 13.9. The standard InChI is InChI=1S/C20H21F3N2O2/c21-16-6-1-4-14(10-16)11-24-13-20(27)8-3-9-25(19(20)26)12-15-5-2-7-17(22)18(15)23/h1-2,4-7,10,24,27H,3,8-9,11-13H2/t20-/m0/s1. The Morgan fingerprint density at radius 3 is 2.70 bits per heavy atom. The highest BCUT2D eigenvalue weighted by Gasteiger charge is 2.41. The lowest BCUT2D eigenvalue weighted by atomic mass is 9.91. The van der Waals surface area contributed by atoms with E-state index in [9.17, 15) is 23.1 Å². The summed E-state index contributed by atoms with van der Waals surface area (Å²) in [6.45, 7) is 0.548. The zero-order valence-corrected chi connectivity index (χ0v) is 14.7. The van der Waals surface area contributed by atoms with Gasteiger partial charge in [-0.15, -0.1) is 0 Å². The number of nitrogens with zero attached hydrogens (tertiary/aromatic N) is 1. The average Bonchev–Trinajstić information content (AvgIpc) is 2.63. The molecule has 0 unspecified atom stereocenters. The average molecular weight is 378 g/mol. The van der Waals surface area contributed by atoms with Crippen LogP contribution in [0.2, 0.25) is 0 Å². The van der Waals surface area contributed by atoms with Crippen LogP contribution in [0, 0.1) is 17.5 Å². The van der Waals surface area contributed by atoms with Crippen molar-refractivity contribution in [2.75, 3.05) is 13.1 Å². The molecule has 1 fully saturated rings. The number of nitrogens with one attached hydrogen (secondary N) is 1. The molecule has 0 radical (unpaired) electrons. The highest BCUT2D eigenvalue weighted by molar-refractivity contribution is 5.86. The summed E-state index contributed by atoms with van der Waals surface area (Å²) in [5, 5.41) is 13.7. The normalized spacial score (nSPS) is 20.1. The zero-order valence-electron chi connectivity index (χ0n) is 14.7. The van der Waals surface area contributed by atoms with Crippen LogP contribution in [0.1, 0.15) is 24.0 Å². The van der Waals surface area contributed by atoms with Crippen molar-refractivity contribution in [1.82, 2.24) is 10.2 Å². The summed E-state index contributed by atoms with van der Waals surface area (Å²) in [6, 6.07) is 9.85. The molecule has 1 heterocycles. The Morgan fingerprint density at radius 2 is 1.93 bits per heavy atom. The van der Waals surface area contributed by atoms with E-state index in [2.05, 4.69) is 5.32 Å². The van der Waals surface area contributed by atoms with E-state index in [1.807, 2.05) is 0 Å². The van der Waals surface area contributed by atoms with Gasteiger partial charge in [0.2, 0.25) is 0 Å². The molecule has 2 aromatic rings. The van der Waals surface area contributed by atoms with E-state index < -0.39 is 23.1 Å². The van der Waals surface area contributed by atoms with Gasteiger partial charge in [-0.1, -0.05) is 24.3 Å². The van der Waals surface area contributed by atoms with Crippen LogP contribution in [0.15, 0.2) is 42.5 Å². The third-order valence-corrected chi connectivity index (χ3v) is 4.73. The van der Waals surface area contributed by atoms with Gasteiger partial charge in [-0.3, -0.25) is 4.79 Å². The minimum absolute atomic E-state index is 0.00944. The molecular formula is C20H21F3N2O2. The van der Waals surface area contributed by atoms with Crippen LogP contribution < -0.4 is 5.32 Å². The van der Waals surface area contributed by atoms with Gasteiger partial charge in [-0.05, 0) is 36.6 Å². The molecule has 1 amide bonds. The second-order valence-corrected chi connectivity index (χ2v) is 6.81. The lowest BCUT2D eigenvalue weighted by molar-refractivity contribution is -0.157. The molecule has 0 saturated carbocycles. The maximum Gasteiger partial charge on any atom is 0.256 e. The van der Waals surface area contributed by atoms with Gasteiger partial charge in [0.05, 0.1) is 0 Å². The van der Waals surface area contributed by atoms with Gasteiger partial charge in [0.15, 0.2) is 17.2 Å². The number of piperidine rings is 1. The first-order valence-electron chi connectivity index (χ1n) is 8.79. The van der Waals surface area contributed by atoms with Crippen molar-refractivity contribution in [1.29, 1.82) is 0 Å². The van der Waals surface area contributed by atoms with Gasteiger partial charge in [-0.2, -0.15) is 0 Å². The lowest BCUT2D eigenvalue weighted by Crippen LogP contribution is -2.57. The van der Waals surface area contributed by atoms with E-state index >= 15 is 0 Å². The Hall–Kier alpha value is -2.38. The van der Waals surface area contributed by atoms with Gasteiger partial charge in [0.1, 0.15) is 5.82 Å². The number of halogens is 3. The molecule has 0 spiro atoms. The highest BCUT2D eigenvalue weighted by Crippen LogP contribution is 2.25. The second kappa shape index (κ2) is 8.10. The van der Waals surface area contributed by atoms with Crippen molar-refractivity contribution < 1.29 is 23.1 Å². The fourth-order valence-corrected chi connectivity index (χ4v) is 3.32. The maximum absolute atomic E-state index is 13.9. The molecule has 1 atom stereocenters. The number of likely N-dealkylation sites (tertiary alicyclic amines) is 1. The topological polar surface area (TPSA) is 52.6 Å². The number of carbonyl (C=O) groups is 1. The van der Waals surface area contributed by atoms with E-state index in [-0.39, 0.29) is 30.9 Å². The quantitative estimate of drug-likeness (QED) is 0.813. The monoisotopic (exact) mass is 378 g/mol. The summed E-state index contributed by atoms with van der Waals surface area (Å²) < 4.78 is 40.5. The Labute approximate surface area is 155 Å². The van der Waals surface area contributed by atoms with Crippen LogP contribution in [0.25, 0.3) is 0 Å². The number of hydrogen-bond acceptors (Lipinski definition) is 3. The van der Waals surface area contributed by atoms with Gasteiger partial charge >= 0.3 is 0 Å². The van der Waals surface area contributed by atoms with Gasteiger partial charge in [0.25, 0.3) is 5.91 Å². The van der Waals surface area contributed by atoms with Crippen molar-refractivity contribution in [3.63, 3.8) is 0 Å². The van der Waals surface area contributed by atoms with E-state index in [0.29, 0.717) is 25.1 Å². The molecule has 4 nitrogen and oxygen atoms in total. The summed E-state index contributed by atoms with van der Waals surface area (Å²) >= 11 is 0. The molecule has 2 aromatic carbocycles. The molecule has 0 bridgehead atoms. The first-order valence-corrected chi connectivity index (χ1v) is 8.79. The number of carbonyl (C=O) groups excluding carboxylic acids is 1.